The minimum absolute atomic E-state index is 0.0792. The molecule has 0 aliphatic heterocycles. The molecule has 2 aliphatic rings. The van der Waals surface area contributed by atoms with E-state index in [9.17, 15) is 4.39 Å². The first-order valence-corrected chi connectivity index (χ1v) is 8.51. The van der Waals surface area contributed by atoms with Crippen molar-refractivity contribution in [3.8, 4) is 0 Å². The first kappa shape index (κ1) is 15.3. The van der Waals surface area contributed by atoms with Crippen LogP contribution >= 0.6 is 0 Å². The second-order valence-electron chi connectivity index (χ2n) is 6.61. The monoisotopic (exact) mass is 303 g/mol. The SMILES string of the molecule is CCNC(=NCC1(c2ccccc2F)CC1)NCCC1CC1. The van der Waals surface area contributed by atoms with Gasteiger partial charge in [0.15, 0.2) is 5.96 Å². The Balaban J connectivity index is 1.60. The number of hydrogen-bond acceptors (Lipinski definition) is 1. The highest BCUT2D eigenvalue weighted by atomic mass is 19.1. The topological polar surface area (TPSA) is 36.4 Å². The van der Waals surface area contributed by atoms with Crippen molar-refractivity contribution in [1.82, 2.24) is 10.6 Å². The molecule has 3 rings (SSSR count). The van der Waals surface area contributed by atoms with Crippen molar-refractivity contribution in [2.45, 2.75) is 44.4 Å². The summed E-state index contributed by atoms with van der Waals surface area (Å²) in [4.78, 5) is 4.71. The van der Waals surface area contributed by atoms with Crippen LogP contribution in [-0.2, 0) is 5.41 Å². The quantitative estimate of drug-likeness (QED) is 0.599. The summed E-state index contributed by atoms with van der Waals surface area (Å²) >= 11 is 0. The van der Waals surface area contributed by atoms with Crippen LogP contribution in [0.4, 0.5) is 4.39 Å². The van der Waals surface area contributed by atoms with Crippen LogP contribution in [0.15, 0.2) is 29.3 Å². The number of rotatable bonds is 7. The zero-order chi connectivity index (χ0) is 15.4. The maximum absolute atomic E-state index is 14.0. The van der Waals surface area contributed by atoms with Crippen LogP contribution < -0.4 is 10.6 Å². The van der Waals surface area contributed by atoms with E-state index in [1.165, 1.54) is 19.3 Å². The van der Waals surface area contributed by atoms with Gasteiger partial charge < -0.3 is 10.6 Å². The first-order valence-electron chi connectivity index (χ1n) is 8.51. The summed E-state index contributed by atoms with van der Waals surface area (Å²) in [5.41, 5.74) is 0.747. The Hall–Kier alpha value is -1.58. The average molecular weight is 303 g/mol. The normalized spacial score (nSPS) is 19.8. The van der Waals surface area contributed by atoms with Gasteiger partial charge in [0.05, 0.1) is 6.54 Å². The molecule has 0 amide bonds. The molecule has 0 aromatic heterocycles. The summed E-state index contributed by atoms with van der Waals surface area (Å²) in [6, 6.07) is 7.13. The molecule has 0 heterocycles. The zero-order valence-electron chi connectivity index (χ0n) is 13.4. The Morgan fingerprint density at radius 2 is 2.05 bits per heavy atom. The lowest BCUT2D eigenvalue weighted by Gasteiger charge is -2.16. The van der Waals surface area contributed by atoms with Crippen molar-refractivity contribution in [2.75, 3.05) is 19.6 Å². The van der Waals surface area contributed by atoms with Gasteiger partial charge in [-0.1, -0.05) is 31.0 Å². The van der Waals surface area contributed by atoms with Crippen LogP contribution in [0.2, 0.25) is 0 Å². The molecule has 2 fully saturated rings. The van der Waals surface area contributed by atoms with Gasteiger partial charge in [-0.05, 0) is 43.7 Å². The highest BCUT2D eigenvalue weighted by Crippen LogP contribution is 2.49. The molecule has 2 N–H and O–H groups in total. The Bertz CT molecular complexity index is 533. The van der Waals surface area contributed by atoms with Crippen LogP contribution in [0.1, 0.15) is 44.6 Å². The van der Waals surface area contributed by atoms with Crippen molar-refractivity contribution in [2.24, 2.45) is 10.9 Å². The molecule has 1 aromatic rings. The van der Waals surface area contributed by atoms with Crippen molar-refractivity contribution in [1.29, 1.82) is 0 Å². The maximum Gasteiger partial charge on any atom is 0.191 e. The maximum atomic E-state index is 14.0. The van der Waals surface area contributed by atoms with Gasteiger partial charge >= 0.3 is 0 Å². The third-order valence-electron chi connectivity index (χ3n) is 4.72. The lowest BCUT2D eigenvalue weighted by atomic mass is 9.95. The first-order chi connectivity index (χ1) is 10.7. The Morgan fingerprint density at radius 1 is 1.27 bits per heavy atom. The number of hydrogen-bond donors (Lipinski definition) is 2. The van der Waals surface area contributed by atoms with Gasteiger partial charge in [-0.2, -0.15) is 0 Å². The van der Waals surface area contributed by atoms with Gasteiger partial charge in [0.1, 0.15) is 5.82 Å². The summed E-state index contributed by atoms with van der Waals surface area (Å²) in [5.74, 6) is 1.69. The van der Waals surface area contributed by atoms with Crippen LogP contribution in [0.3, 0.4) is 0 Å². The summed E-state index contributed by atoms with van der Waals surface area (Å²) in [5, 5.41) is 6.69. The van der Waals surface area contributed by atoms with E-state index < -0.39 is 0 Å². The van der Waals surface area contributed by atoms with Gasteiger partial charge in [0.25, 0.3) is 0 Å². The van der Waals surface area contributed by atoms with Crippen molar-refractivity contribution in [3.05, 3.63) is 35.6 Å². The van der Waals surface area contributed by atoms with Crippen LogP contribution in [0.5, 0.6) is 0 Å². The second-order valence-corrected chi connectivity index (χ2v) is 6.61. The summed E-state index contributed by atoms with van der Waals surface area (Å²) in [6.45, 7) is 4.56. The highest BCUT2D eigenvalue weighted by molar-refractivity contribution is 5.79. The third-order valence-corrected chi connectivity index (χ3v) is 4.72. The largest absolute Gasteiger partial charge is 0.357 e. The molecule has 0 radical (unpaired) electrons. The fraction of sp³-hybridized carbons (Fsp3) is 0.611. The zero-order valence-corrected chi connectivity index (χ0v) is 13.4. The van der Waals surface area contributed by atoms with Gasteiger partial charge in [-0.15, -0.1) is 0 Å². The van der Waals surface area contributed by atoms with E-state index in [0.29, 0.717) is 6.54 Å². The molecular formula is C18H26FN3. The number of nitrogens with zero attached hydrogens (tertiary/aromatic N) is 1. The molecule has 22 heavy (non-hydrogen) atoms. The number of nitrogens with one attached hydrogen (secondary N) is 2. The van der Waals surface area contributed by atoms with Crippen molar-refractivity contribution >= 4 is 5.96 Å². The Kier molecular flexibility index (Phi) is 4.65. The minimum Gasteiger partial charge on any atom is -0.357 e. The second kappa shape index (κ2) is 6.67. The van der Waals surface area contributed by atoms with Crippen molar-refractivity contribution < 1.29 is 4.39 Å². The van der Waals surface area contributed by atoms with E-state index in [2.05, 4.69) is 17.6 Å². The Labute approximate surface area is 132 Å². The van der Waals surface area contributed by atoms with Gasteiger partial charge in [-0.3, -0.25) is 4.99 Å². The predicted octanol–water partition coefficient (Wildman–Crippen LogP) is 3.21. The van der Waals surface area contributed by atoms with E-state index in [1.807, 2.05) is 12.1 Å². The van der Waals surface area contributed by atoms with Gasteiger partial charge in [-0.25, -0.2) is 4.39 Å². The minimum atomic E-state index is -0.0955. The Morgan fingerprint density at radius 3 is 2.68 bits per heavy atom. The molecule has 0 atom stereocenters. The van der Waals surface area contributed by atoms with E-state index >= 15 is 0 Å². The fourth-order valence-corrected chi connectivity index (χ4v) is 2.93. The van der Waals surface area contributed by atoms with Crippen molar-refractivity contribution in [3.63, 3.8) is 0 Å². The van der Waals surface area contributed by atoms with Gasteiger partial charge in [0.2, 0.25) is 0 Å². The molecule has 4 heteroatoms. The molecular weight excluding hydrogens is 277 g/mol. The molecule has 120 valence electrons. The highest BCUT2D eigenvalue weighted by Gasteiger charge is 2.45. The summed E-state index contributed by atoms with van der Waals surface area (Å²) in [6.07, 6.45) is 6.04. The van der Waals surface area contributed by atoms with E-state index in [1.54, 1.807) is 12.1 Å². The standard InChI is InChI=1S/C18H26FN3/c1-2-20-17(21-12-9-14-7-8-14)22-13-18(10-11-18)15-5-3-4-6-16(15)19/h3-6,14H,2,7-13H2,1H3,(H2,20,21,22). The summed E-state index contributed by atoms with van der Waals surface area (Å²) < 4.78 is 14.0. The summed E-state index contributed by atoms with van der Waals surface area (Å²) in [7, 11) is 0. The lowest BCUT2D eigenvalue weighted by molar-refractivity contribution is 0.572. The third kappa shape index (κ3) is 3.79. The van der Waals surface area contributed by atoms with E-state index in [-0.39, 0.29) is 11.2 Å². The molecule has 2 saturated carbocycles. The van der Waals surface area contributed by atoms with E-state index in [0.717, 1.165) is 43.4 Å². The molecule has 0 saturated heterocycles. The fourth-order valence-electron chi connectivity index (χ4n) is 2.93. The molecule has 0 spiro atoms. The number of guanidine groups is 1. The van der Waals surface area contributed by atoms with Crippen LogP contribution in [0.25, 0.3) is 0 Å². The van der Waals surface area contributed by atoms with E-state index in [4.69, 9.17) is 4.99 Å². The van der Waals surface area contributed by atoms with Crippen LogP contribution in [-0.4, -0.2) is 25.6 Å². The number of aliphatic imine (C=N–C) groups is 1. The van der Waals surface area contributed by atoms with Crippen LogP contribution in [0, 0.1) is 11.7 Å². The van der Waals surface area contributed by atoms with Gasteiger partial charge in [0, 0.05) is 18.5 Å². The number of halogens is 1. The molecule has 1 aromatic carbocycles. The molecule has 0 unspecified atom stereocenters. The number of benzene rings is 1. The molecule has 3 nitrogen and oxygen atoms in total. The molecule has 0 bridgehead atoms. The smallest absolute Gasteiger partial charge is 0.191 e. The average Bonchev–Trinajstić information content (AvgIpc) is 3.41. The molecule has 2 aliphatic carbocycles. The predicted molar refractivity (Wildman–Crippen MR) is 88.6 cm³/mol. The lowest BCUT2D eigenvalue weighted by Crippen LogP contribution is -2.38.